The smallest absolute Gasteiger partial charge is 0.0197 e. The van der Waals surface area contributed by atoms with Gasteiger partial charge < -0.3 is 10.2 Å². The van der Waals surface area contributed by atoms with Crippen molar-refractivity contribution in [3.05, 3.63) is 0 Å². The van der Waals surface area contributed by atoms with Crippen LogP contribution >= 0.6 is 0 Å². The van der Waals surface area contributed by atoms with Gasteiger partial charge in [0, 0.05) is 18.6 Å². The normalized spacial score (nSPS) is 26.6. The summed E-state index contributed by atoms with van der Waals surface area (Å²) >= 11 is 0. The predicted molar refractivity (Wildman–Crippen MR) is 70.9 cm³/mol. The highest BCUT2D eigenvalue weighted by molar-refractivity contribution is 4.79. The summed E-state index contributed by atoms with van der Waals surface area (Å²) in [6.07, 6.45) is 2.58. The van der Waals surface area contributed by atoms with Crippen molar-refractivity contribution in [2.24, 2.45) is 0 Å². The molecule has 0 saturated carbocycles. The fourth-order valence-corrected chi connectivity index (χ4v) is 2.70. The fraction of sp³-hybridized carbons (Fsp3) is 1.00. The number of nitrogens with zero attached hydrogens (tertiary/aromatic N) is 2. The molecule has 1 aliphatic rings. The van der Waals surface area contributed by atoms with Crippen LogP contribution in [-0.4, -0.2) is 61.7 Å². The van der Waals surface area contributed by atoms with Crippen LogP contribution in [0.2, 0.25) is 0 Å². The first kappa shape index (κ1) is 13.9. The molecule has 0 aromatic carbocycles. The summed E-state index contributed by atoms with van der Waals surface area (Å²) in [5, 5.41) is 3.42. The van der Waals surface area contributed by atoms with E-state index in [-0.39, 0.29) is 0 Å². The molecular weight excluding hydrogens is 198 g/mol. The lowest BCUT2D eigenvalue weighted by Crippen LogP contribution is -2.44. The van der Waals surface area contributed by atoms with Gasteiger partial charge in [0.05, 0.1) is 0 Å². The molecule has 1 rings (SSSR count). The molecule has 0 aromatic rings. The summed E-state index contributed by atoms with van der Waals surface area (Å²) in [5.74, 6) is 0. The molecule has 1 saturated heterocycles. The molecule has 0 spiro atoms. The van der Waals surface area contributed by atoms with E-state index in [0.29, 0.717) is 12.1 Å². The van der Waals surface area contributed by atoms with Crippen molar-refractivity contribution in [3.8, 4) is 0 Å². The van der Waals surface area contributed by atoms with Gasteiger partial charge in [-0.15, -0.1) is 0 Å². The van der Waals surface area contributed by atoms with E-state index in [1.54, 1.807) is 0 Å². The lowest BCUT2D eigenvalue weighted by Gasteiger charge is -2.33. The summed E-state index contributed by atoms with van der Waals surface area (Å²) in [6.45, 7) is 12.9. The Morgan fingerprint density at radius 3 is 2.81 bits per heavy atom. The van der Waals surface area contributed by atoms with Gasteiger partial charge in [0.25, 0.3) is 0 Å². The van der Waals surface area contributed by atoms with E-state index in [9.17, 15) is 0 Å². The second-order valence-corrected chi connectivity index (χ2v) is 5.19. The minimum atomic E-state index is 0.698. The largest absolute Gasteiger partial charge is 0.317 e. The van der Waals surface area contributed by atoms with E-state index in [0.717, 1.165) is 13.1 Å². The summed E-state index contributed by atoms with van der Waals surface area (Å²) in [6, 6.07) is 1.41. The molecule has 1 heterocycles. The third kappa shape index (κ3) is 4.40. The number of nitrogens with one attached hydrogen (secondary N) is 1. The Hall–Kier alpha value is -0.120. The number of hydrogen-bond acceptors (Lipinski definition) is 3. The first-order chi connectivity index (χ1) is 7.65. The highest BCUT2D eigenvalue weighted by Gasteiger charge is 2.23. The quantitative estimate of drug-likeness (QED) is 0.716. The van der Waals surface area contributed by atoms with Crippen LogP contribution in [0.1, 0.15) is 33.6 Å². The van der Waals surface area contributed by atoms with Gasteiger partial charge in [-0.05, 0) is 59.9 Å². The van der Waals surface area contributed by atoms with Crippen LogP contribution in [0.3, 0.4) is 0 Å². The Labute approximate surface area is 101 Å². The van der Waals surface area contributed by atoms with Gasteiger partial charge in [-0.2, -0.15) is 0 Å². The van der Waals surface area contributed by atoms with Crippen molar-refractivity contribution in [1.29, 1.82) is 0 Å². The van der Waals surface area contributed by atoms with Gasteiger partial charge in [0.15, 0.2) is 0 Å². The molecule has 16 heavy (non-hydrogen) atoms. The zero-order chi connectivity index (χ0) is 12.0. The standard InChI is InChI=1S/C13H29N3/c1-5-14-8-7-12(2)16-10-6-9-15(4)11-13(16)3/h12-14H,5-11H2,1-4H3. The minimum Gasteiger partial charge on any atom is -0.317 e. The molecule has 0 bridgehead atoms. The van der Waals surface area contributed by atoms with Crippen LogP contribution in [0, 0.1) is 0 Å². The van der Waals surface area contributed by atoms with Crippen LogP contribution < -0.4 is 5.32 Å². The topological polar surface area (TPSA) is 18.5 Å². The SMILES string of the molecule is CCNCCC(C)N1CCCN(C)CC1C. The minimum absolute atomic E-state index is 0.698. The first-order valence-corrected chi connectivity index (χ1v) is 6.80. The number of hydrogen-bond donors (Lipinski definition) is 1. The zero-order valence-electron chi connectivity index (χ0n) is 11.5. The molecule has 1 fully saturated rings. The average Bonchev–Trinajstić information content (AvgIpc) is 2.39. The molecule has 2 unspecified atom stereocenters. The molecule has 0 amide bonds. The van der Waals surface area contributed by atoms with Crippen LogP contribution in [0.5, 0.6) is 0 Å². The maximum atomic E-state index is 3.42. The zero-order valence-corrected chi connectivity index (χ0v) is 11.5. The monoisotopic (exact) mass is 227 g/mol. The van der Waals surface area contributed by atoms with Crippen molar-refractivity contribution in [1.82, 2.24) is 15.1 Å². The Morgan fingerprint density at radius 2 is 2.12 bits per heavy atom. The second-order valence-electron chi connectivity index (χ2n) is 5.19. The van der Waals surface area contributed by atoms with Crippen molar-refractivity contribution in [3.63, 3.8) is 0 Å². The Balaban J connectivity index is 2.37. The second kappa shape index (κ2) is 7.25. The molecule has 0 aliphatic carbocycles. The van der Waals surface area contributed by atoms with Crippen LogP contribution in [0.15, 0.2) is 0 Å². The molecule has 0 aromatic heterocycles. The van der Waals surface area contributed by atoms with E-state index in [4.69, 9.17) is 0 Å². The summed E-state index contributed by atoms with van der Waals surface area (Å²) in [7, 11) is 2.24. The summed E-state index contributed by atoms with van der Waals surface area (Å²) < 4.78 is 0. The maximum Gasteiger partial charge on any atom is 0.0197 e. The van der Waals surface area contributed by atoms with Crippen molar-refractivity contribution in [2.45, 2.75) is 45.7 Å². The van der Waals surface area contributed by atoms with Crippen molar-refractivity contribution < 1.29 is 0 Å². The predicted octanol–water partition coefficient (Wildman–Crippen LogP) is 1.40. The number of likely N-dealkylation sites (N-methyl/N-ethyl adjacent to an activating group) is 1. The van der Waals surface area contributed by atoms with Gasteiger partial charge in [0.1, 0.15) is 0 Å². The van der Waals surface area contributed by atoms with Crippen LogP contribution in [0.4, 0.5) is 0 Å². The van der Waals surface area contributed by atoms with Crippen LogP contribution in [-0.2, 0) is 0 Å². The number of rotatable bonds is 5. The lowest BCUT2D eigenvalue weighted by atomic mass is 10.1. The third-order valence-corrected chi connectivity index (χ3v) is 3.65. The molecule has 1 aliphatic heterocycles. The Kier molecular flexibility index (Phi) is 6.32. The van der Waals surface area contributed by atoms with Gasteiger partial charge in [0.2, 0.25) is 0 Å². The van der Waals surface area contributed by atoms with Gasteiger partial charge in [-0.25, -0.2) is 0 Å². The fourth-order valence-electron chi connectivity index (χ4n) is 2.70. The van der Waals surface area contributed by atoms with Crippen molar-refractivity contribution >= 4 is 0 Å². The molecule has 1 N–H and O–H groups in total. The molecule has 2 atom stereocenters. The highest BCUT2D eigenvalue weighted by Crippen LogP contribution is 2.14. The molecular formula is C13H29N3. The first-order valence-electron chi connectivity index (χ1n) is 6.80. The molecule has 0 radical (unpaired) electrons. The maximum absolute atomic E-state index is 3.42. The highest BCUT2D eigenvalue weighted by atomic mass is 15.2. The van der Waals surface area contributed by atoms with Crippen molar-refractivity contribution in [2.75, 3.05) is 39.8 Å². The van der Waals surface area contributed by atoms with E-state index < -0.39 is 0 Å². The van der Waals surface area contributed by atoms with E-state index >= 15 is 0 Å². The average molecular weight is 227 g/mol. The summed E-state index contributed by atoms with van der Waals surface area (Å²) in [5.41, 5.74) is 0. The van der Waals surface area contributed by atoms with Crippen LogP contribution in [0.25, 0.3) is 0 Å². The third-order valence-electron chi connectivity index (χ3n) is 3.65. The molecule has 3 nitrogen and oxygen atoms in total. The van der Waals surface area contributed by atoms with E-state index in [2.05, 4.69) is 42.9 Å². The summed E-state index contributed by atoms with van der Waals surface area (Å²) in [4.78, 5) is 5.14. The molecule has 96 valence electrons. The van der Waals surface area contributed by atoms with Gasteiger partial charge in [-0.3, -0.25) is 4.90 Å². The molecule has 3 heteroatoms. The van der Waals surface area contributed by atoms with E-state index in [1.807, 2.05) is 0 Å². The Morgan fingerprint density at radius 1 is 1.38 bits per heavy atom. The Bertz CT molecular complexity index is 184. The van der Waals surface area contributed by atoms with Gasteiger partial charge in [-0.1, -0.05) is 6.92 Å². The van der Waals surface area contributed by atoms with E-state index in [1.165, 1.54) is 32.5 Å². The lowest BCUT2D eigenvalue weighted by molar-refractivity contribution is 0.145. The van der Waals surface area contributed by atoms with Gasteiger partial charge >= 0.3 is 0 Å².